The minimum absolute atomic E-state index is 0.331. The second kappa shape index (κ2) is 6.04. The molecule has 6 nitrogen and oxygen atoms in total. The van der Waals surface area contributed by atoms with Crippen LogP contribution in [0.3, 0.4) is 0 Å². The molecule has 0 radical (unpaired) electrons. The van der Waals surface area contributed by atoms with Crippen molar-refractivity contribution >= 4 is 31.7 Å². The average Bonchev–Trinajstić information content (AvgIpc) is 2.64. The number of rotatable bonds is 6. The first-order valence-electron chi connectivity index (χ1n) is 5.93. The van der Waals surface area contributed by atoms with E-state index < -0.39 is 21.1 Å². The fourth-order valence-corrected chi connectivity index (χ4v) is 3.75. The van der Waals surface area contributed by atoms with Crippen LogP contribution in [0.15, 0.2) is 4.47 Å². The van der Waals surface area contributed by atoms with Gasteiger partial charge in [0, 0.05) is 6.54 Å². The van der Waals surface area contributed by atoms with Crippen LogP contribution in [0.5, 0.6) is 0 Å². The highest BCUT2D eigenvalue weighted by atomic mass is 79.9. The molecular formula is C11H17BrN2O4S. The second-order valence-electron chi connectivity index (χ2n) is 4.16. The van der Waals surface area contributed by atoms with E-state index in [9.17, 15) is 13.2 Å². The van der Waals surface area contributed by atoms with E-state index in [1.165, 1.54) is 6.92 Å². The first-order chi connectivity index (χ1) is 8.74. The van der Waals surface area contributed by atoms with Crippen molar-refractivity contribution in [3.8, 4) is 0 Å². The zero-order valence-electron chi connectivity index (χ0n) is 11.1. The zero-order chi connectivity index (χ0) is 14.8. The largest absolute Gasteiger partial charge is 0.480 e. The number of nitrogens with zero attached hydrogens (tertiary/aromatic N) is 2. The summed E-state index contributed by atoms with van der Waals surface area (Å²) in [5, 5.41) is 11.7. The van der Waals surface area contributed by atoms with Crippen molar-refractivity contribution in [2.24, 2.45) is 0 Å². The van der Waals surface area contributed by atoms with Gasteiger partial charge in [0.15, 0.2) is 15.1 Å². The SMILES string of the molecule is CCc1nn(CC)c(CS(=O)(=O)C(C)C(=O)O)c1Br. The van der Waals surface area contributed by atoms with Crippen LogP contribution in [0.1, 0.15) is 32.2 Å². The van der Waals surface area contributed by atoms with E-state index >= 15 is 0 Å². The Bertz CT molecular complexity index is 580. The molecule has 0 aliphatic heterocycles. The molecule has 1 aromatic rings. The highest BCUT2D eigenvalue weighted by Crippen LogP contribution is 2.25. The van der Waals surface area contributed by atoms with Crippen LogP contribution in [-0.2, 0) is 33.4 Å². The predicted molar refractivity (Wildman–Crippen MR) is 74.7 cm³/mol. The molecule has 0 fully saturated rings. The van der Waals surface area contributed by atoms with E-state index in [2.05, 4.69) is 21.0 Å². The van der Waals surface area contributed by atoms with E-state index in [-0.39, 0.29) is 5.75 Å². The zero-order valence-corrected chi connectivity index (χ0v) is 13.5. The summed E-state index contributed by atoms with van der Waals surface area (Å²) in [7, 11) is -3.75. The summed E-state index contributed by atoms with van der Waals surface area (Å²) in [4.78, 5) is 10.8. The van der Waals surface area contributed by atoms with Crippen molar-refractivity contribution in [2.45, 2.75) is 44.7 Å². The van der Waals surface area contributed by atoms with Crippen molar-refractivity contribution in [3.63, 3.8) is 0 Å². The molecule has 0 aromatic carbocycles. The molecule has 0 aliphatic carbocycles. The Hall–Kier alpha value is -0.890. The van der Waals surface area contributed by atoms with Crippen molar-refractivity contribution in [1.82, 2.24) is 9.78 Å². The number of carbonyl (C=O) groups is 1. The van der Waals surface area contributed by atoms with Crippen LogP contribution in [-0.4, -0.2) is 34.5 Å². The van der Waals surface area contributed by atoms with Gasteiger partial charge in [0.05, 0.1) is 21.6 Å². The molecule has 0 spiro atoms. The van der Waals surface area contributed by atoms with Crippen molar-refractivity contribution in [1.29, 1.82) is 0 Å². The third kappa shape index (κ3) is 3.36. The molecule has 19 heavy (non-hydrogen) atoms. The minimum Gasteiger partial charge on any atom is -0.480 e. The number of halogens is 1. The van der Waals surface area contributed by atoms with Gasteiger partial charge in [0.25, 0.3) is 0 Å². The van der Waals surface area contributed by atoms with Crippen LogP contribution < -0.4 is 0 Å². The minimum atomic E-state index is -3.75. The Balaban J connectivity index is 3.19. The van der Waals surface area contributed by atoms with Crippen molar-refractivity contribution in [2.75, 3.05) is 0 Å². The monoisotopic (exact) mass is 352 g/mol. The third-order valence-corrected chi connectivity index (χ3v) is 5.79. The number of aromatic nitrogens is 2. The Labute approximate surface area is 120 Å². The maximum Gasteiger partial charge on any atom is 0.321 e. The number of carboxylic acids is 1. The number of sulfone groups is 1. The van der Waals surface area contributed by atoms with E-state index in [1.54, 1.807) is 4.68 Å². The highest BCUT2D eigenvalue weighted by Gasteiger charge is 2.30. The van der Waals surface area contributed by atoms with Crippen LogP contribution in [0.2, 0.25) is 0 Å². The van der Waals surface area contributed by atoms with E-state index in [1.807, 2.05) is 13.8 Å². The molecule has 0 saturated heterocycles. The van der Waals surface area contributed by atoms with Gasteiger partial charge in [-0.3, -0.25) is 9.48 Å². The lowest BCUT2D eigenvalue weighted by molar-refractivity contribution is -0.136. The Morgan fingerprint density at radius 2 is 2.05 bits per heavy atom. The molecule has 0 amide bonds. The van der Waals surface area contributed by atoms with Gasteiger partial charge < -0.3 is 5.11 Å². The molecule has 1 aromatic heterocycles. The van der Waals surface area contributed by atoms with E-state index in [4.69, 9.17) is 5.11 Å². The maximum atomic E-state index is 12.0. The van der Waals surface area contributed by atoms with E-state index in [0.717, 1.165) is 5.69 Å². The normalized spacial score (nSPS) is 13.5. The molecule has 108 valence electrons. The van der Waals surface area contributed by atoms with Gasteiger partial charge in [0.2, 0.25) is 0 Å². The molecule has 1 unspecified atom stereocenters. The Morgan fingerprint density at radius 1 is 1.47 bits per heavy atom. The van der Waals surface area contributed by atoms with Crippen molar-refractivity contribution < 1.29 is 18.3 Å². The lowest BCUT2D eigenvalue weighted by atomic mass is 10.3. The summed E-state index contributed by atoms with van der Waals surface area (Å²) in [6.07, 6.45) is 0.676. The second-order valence-corrected chi connectivity index (χ2v) is 7.28. The maximum absolute atomic E-state index is 12.0. The number of hydrogen-bond acceptors (Lipinski definition) is 4. The molecule has 0 saturated carbocycles. The van der Waals surface area contributed by atoms with Crippen molar-refractivity contribution in [3.05, 3.63) is 15.9 Å². The summed E-state index contributed by atoms with van der Waals surface area (Å²) in [5.41, 5.74) is 1.28. The summed E-state index contributed by atoms with van der Waals surface area (Å²) in [5.74, 6) is -1.67. The highest BCUT2D eigenvalue weighted by molar-refractivity contribution is 9.10. The Kier molecular flexibility index (Phi) is 5.14. The molecule has 1 N–H and O–H groups in total. The van der Waals surface area contributed by atoms with Gasteiger partial charge >= 0.3 is 5.97 Å². The predicted octanol–water partition coefficient (Wildman–Crippen LogP) is 1.62. The average molecular weight is 353 g/mol. The number of aliphatic carboxylic acids is 1. The summed E-state index contributed by atoms with van der Waals surface area (Å²) < 4.78 is 26.3. The summed E-state index contributed by atoms with van der Waals surface area (Å²) in [6.45, 7) is 5.49. The molecule has 0 bridgehead atoms. The quantitative estimate of drug-likeness (QED) is 0.839. The van der Waals surface area contributed by atoms with Crippen LogP contribution in [0.4, 0.5) is 0 Å². The van der Waals surface area contributed by atoms with Crippen LogP contribution >= 0.6 is 15.9 Å². The van der Waals surface area contributed by atoms with Gasteiger partial charge in [0.1, 0.15) is 0 Å². The van der Waals surface area contributed by atoms with Gasteiger partial charge in [-0.15, -0.1) is 0 Å². The van der Waals surface area contributed by atoms with Crippen LogP contribution in [0, 0.1) is 0 Å². The standard InChI is InChI=1S/C11H17BrN2O4S/c1-4-8-10(12)9(14(5-2)13-8)6-19(17,18)7(3)11(15)16/h7H,4-6H2,1-3H3,(H,15,16). The molecule has 1 atom stereocenters. The van der Waals surface area contributed by atoms with Crippen LogP contribution in [0.25, 0.3) is 0 Å². The first-order valence-corrected chi connectivity index (χ1v) is 8.43. The van der Waals surface area contributed by atoms with E-state index in [0.29, 0.717) is 23.1 Å². The lowest BCUT2D eigenvalue weighted by Gasteiger charge is -2.10. The first kappa shape index (κ1) is 16.2. The smallest absolute Gasteiger partial charge is 0.321 e. The molecule has 8 heteroatoms. The molecule has 0 aliphatic rings. The van der Waals surface area contributed by atoms with Gasteiger partial charge in [-0.1, -0.05) is 6.92 Å². The van der Waals surface area contributed by atoms with Gasteiger partial charge in [-0.05, 0) is 36.2 Å². The summed E-state index contributed by atoms with van der Waals surface area (Å²) >= 11 is 3.35. The third-order valence-electron chi connectivity index (χ3n) is 2.92. The number of carboxylic acid groups (broad SMARTS) is 1. The topological polar surface area (TPSA) is 89.3 Å². The number of aryl methyl sites for hydroxylation is 2. The number of hydrogen-bond donors (Lipinski definition) is 1. The lowest BCUT2D eigenvalue weighted by Crippen LogP contribution is -2.28. The van der Waals surface area contributed by atoms with Gasteiger partial charge in [-0.25, -0.2) is 8.42 Å². The fraction of sp³-hybridized carbons (Fsp3) is 0.636. The summed E-state index contributed by atoms with van der Waals surface area (Å²) in [6, 6.07) is 0. The molecule has 1 rings (SSSR count). The van der Waals surface area contributed by atoms with Gasteiger partial charge in [-0.2, -0.15) is 5.10 Å². The molecular weight excluding hydrogens is 336 g/mol. The Morgan fingerprint density at radius 3 is 2.47 bits per heavy atom. The fourth-order valence-electron chi connectivity index (χ4n) is 1.62. The molecule has 1 heterocycles.